The van der Waals surface area contributed by atoms with Gasteiger partial charge in [0.25, 0.3) is 0 Å². The Hall–Kier alpha value is -0.160. The molecule has 4 fully saturated rings. The second-order valence-corrected chi connectivity index (χ2v) is 7.67. The summed E-state index contributed by atoms with van der Waals surface area (Å²) in [6, 6.07) is 1.44. The molecular weight excluding hydrogens is 264 g/mol. The molecule has 0 bridgehead atoms. The van der Waals surface area contributed by atoms with Gasteiger partial charge in [-0.05, 0) is 51.0 Å². The lowest BCUT2D eigenvalue weighted by Gasteiger charge is -2.43. The standard InChI is InChI=1S/C17H30N2O2/c1-2-15(18-7-1)12-19(11-14-3-4-14)16-5-8-21-17(10-16)6-9-20-13-17/h14-16,18H,1-13H2. The molecule has 1 saturated carbocycles. The Morgan fingerprint density at radius 3 is 2.76 bits per heavy atom. The topological polar surface area (TPSA) is 33.7 Å². The van der Waals surface area contributed by atoms with Gasteiger partial charge in [0.05, 0.1) is 12.2 Å². The monoisotopic (exact) mass is 294 g/mol. The van der Waals surface area contributed by atoms with Crippen molar-refractivity contribution in [2.45, 2.75) is 62.6 Å². The van der Waals surface area contributed by atoms with Crippen LogP contribution in [0.5, 0.6) is 0 Å². The third kappa shape index (κ3) is 3.44. The van der Waals surface area contributed by atoms with Gasteiger partial charge in [-0.15, -0.1) is 0 Å². The molecule has 0 amide bonds. The molecule has 0 aromatic rings. The molecule has 21 heavy (non-hydrogen) atoms. The highest BCUT2D eigenvalue weighted by molar-refractivity contribution is 4.95. The van der Waals surface area contributed by atoms with Crippen molar-refractivity contribution < 1.29 is 9.47 Å². The molecule has 3 heterocycles. The zero-order valence-corrected chi connectivity index (χ0v) is 13.2. The summed E-state index contributed by atoms with van der Waals surface area (Å²) in [5, 5.41) is 3.68. The molecule has 3 saturated heterocycles. The smallest absolute Gasteiger partial charge is 0.0951 e. The number of nitrogens with zero attached hydrogens (tertiary/aromatic N) is 1. The lowest BCUT2D eigenvalue weighted by molar-refractivity contribution is -0.107. The SMILES string of the molecule is C1CNC(CN(CC2CC2)C2CCOC3(CCOC3)C2)C1. The van der Waals surface area contributed by atoms with Crippen molar-refractivity contribution in [3.63, 3.8) is 0 Å². The minimum atomic E-state index is 0.0494. The van der Waals surface area contributed by atoms with Gasteiger partial charge in [-0.1, -0.05) is 0 Å². The highest BCUT2D eigenvalue weighted by Gasteiger charge is 2.43. The molecule has 4 aliphatic rings. The van der Waals surface area contributed by atoms with Crippen molar-refractivity contribution >= 4 is 0 Å². The minimum absolute atomic E-state index is 0.0494. The summed E-state index contributed by atoms with van der Waals surface area (Å²) in [6.45, 7) is 6.42. The summed E-state index contributed by atoms with van der Waals surface area (Å²) in [6.07, 6.45) is 9.11. The zero-order valence-electron chi connectivity index (χ0n) is 13.2. The van der Waals surface area contributed by atoms with Crippen LogP contribution in [0.15, 0.2) is 0 Å². The van der Waals surface area contributed by atoms with Gasteiger partial charge < -0.3 is 14.8 Å². The molecule has 3 unspecified atom stereocenters. The van der Waals surface area contributed by atoms with E-state index >= 15 is 0 Å². The van der Waals surface area contributed by atoms with Crippen LogP contribution < -0.4 is 5.32 Å². The van der Waals surface area contributed by atoms with Crippen molar-refractivity contribution in [3.8, 4) is 0 Å². The average Bonchev–Trinajstić information content (AvgIpc) is 2.97. The summed E-state index contributed by atoms with van der Waals surface area (Å²) in [7, 11) is 0. The third-order valence-corrected chi connectivity index (χ3v) is 5.86. The average molecular weight is 294 g/mol. The summed E-state index contributed by atoms with van der Waals surface area (Å²) in [5.41, 5.74) is 0.0494. The molecule has 4 nitrogen and oxygen atoms in total. The van der Waals surface area contributed by atoms with Crippen LogP contribution in [0.2, 0.25) is 0 Å². The second kappa shape index (κ2) is 6.15. The van der Waals surface area contributed by atoms with Gasteiger partial charge in [0, 0.05) is 44.8 Å². The predicted octanol–water partition coefficient (Wildman–Crippen LogP) is 1.79. The molecular formula is C17H30N2O2. The van der Waals surface area contributed by atoms with Crippen LogP contribution in [0.25, 0.3) is 0 Å². The number of hydrogen-bond donors (Lipinski definition) is 1. The first-order valence-corrected chi connectivity index (χ1v) is 9.02. The first-order chi connectivity index (χ1) is 10.3. The largest absolute Gasteiger partial charge is 0.378 e. The van der Waals surface area contributed by atoms with Crippen LogP contribution in [0.1, 0.15) is 44.9 Å². The Morgan fingerprint density at radius 1 is 1.10 bits per heavy atom. The van der Waals surface area contributed by atoms with E-state index in [2.05, 4.69) is 10.2 Å². The third-order valence-electron chi connectivity index (χ3n) is 5.86. The van der Waals surface area contributed by atoms with Gasteiger partial charge in [-0.3, -0.25) is 4.90 Å². The highest BCUT2D eigenvalue weighted by atomic mass is 16.6. The molecule has 3 atom stereocenters. The van der Waals surface area contributed by atoms with Crippen LogP contribution in [-0.4, -0.2) is 62.0 Å². The van der Waals surface area contributed by atoms with E-state index in [4.69, 9.17) is 9.47 Å². The van der Waals surface area contributed by atoms with Crippen molar-refractivity contribution in [2.75, 3.05) is 39.5 Å². The maximum absolute atomic E-state index is 6.13. The molecule has 0 aromatic heterocycles. The Balaban J connectivity index is 1.40. The zero-order chi connectivity index (χ0) is 14.1. The van der Waals surface area contributed by atoms with Gasteiger partial charge >= 0.3 is 0 Å². The van der Waals surface area contributed by atoms with E-state index in [1.807, 2.05) is 0 Å². The van der Waals surface area contributed by atoms with E-state index in [1.165, 1.54) is 58.2 Å². The van der Waals surface area contributed by atoms with E-state index in [1.54, 1.807) is 0 Å². The maximum Gasteiger partial charge on any atom is 0.0951 e. The van der Waals surface area contributed by atoms with Crippen LogP contribution >= 0.6 is 0 Å². The van der Waals surface area contributed by atoms with Gasteiger partial charge in [0.1, 0.15) is 0 Å². The molecule has 3 aliphatic heterocycles. The first kappa shape index (κ1) is 14.4. The van der Waals surface area contributed by atoms with Crippen LogP contribution in [-0.2, 0) is 9.47 Å². The molecule has 120 valence electrons. The van der Waals surface area contributed by atoms with Crippen molar-refractivity contribution in [1.82, 2.24) is 10.2 Å². The van der Waals surface area contributed by atoms with Crippen LogP contribution in [0, 0.1) is 5.92 Å². The summed E-state index contributed by atoms with van der Waals surface area (Å²) >= 11 is 0. The van der Waals surface area contributed by atoms with Gasteiger partial charge in [-0.25, -0.2) is 0 Å². The number of ether oxygens (including phenoxy) is 2. The quantitative estimate of drug-likeness (QED) is 0.838. The van der Waals surface area contributed by atoms with E-state index in [9.17, 15) is 0 Å². The fourth-order valence-corrected chi connectivity index (χ4v) is 4.38. The maximum atomic E-state index is 6.13. The normalized spacial score (nSPS) is 40.4. The predicted molar refractivity (Wildman–Crippen MR) is 82.5 cm³/mol. The number of rotatable bonds is 5. The van der Waals surface area contributed by atoms with Gasteiger partial charge in [0.2, 0.25) is 0 Å². The highest BCUT2D eigenvalue weighted by Crippen LogP contribution is 2.37. The Labute approximate surface area is 128 Å². The lowest BCUT2D eigenvalue weighted by Crippen LogP contribution is -2.52. The molecule has 1 spiro atoms. The van der Waals surface area contributed by atoms with Gasteiger partial charge in [0.15, 0.2) is 0 Å². The van der Waals surface area contributed by atoms with E-state index in [-0.39, 0.29) is 5.60 Å². The fraction of sp³-hybridized carbons (Fsp3) is 1.00. The molecule has 4 rings (SSSR count). The van der Waals surface area contributed by atoms with Crippen LogP contribution in [0.3, 0.4) is 0 Å². The summed E-state index contributed by atoms with van der Waals surface area (Å²) in [4.78, 5) is 2.81. The number of hydrogen-bond acceptors (Lipinski definition) is 4. The van der Waals surface area contributed by atoms with Crippen molar-refractivity contribution in [3.05, 3.63) is 0 Å². The molecule has 0 radical (unpaired) electrons. The molecule has 1 aliphatic carbocycles. The fourth-order valence-electron chi connectivity index (χ4n) is 4.38. The molecule has 1 N–H and O–H groups in total. The Morgan fingerprint density at radius 2 is 2.05 bits per heavy atom. The van der Waals surface area contributed by atoms with E-state index < -0.39 is 0 Å². The van der Waals surface area contributed by atoms with Crippen molar-refractivity contribution in [1.29, 1.82) is 0 Å². The Kier molecular flexibility index (Phi) is 4.23. The molecule has 0 aromatic carbocycles. The molecule has 4 heteroatoms. The van der Waals surface area contributed by atoms with Gasteiger partial charge in [-0.2, -0.15) is 0 Å². The first-order valence-electron chi connectivity index (χ1n) is 9.02. The number of nitrogens with one attached hydrogen (secondary N) is 1. The lowest BCUT2D eigenvalue weighted by atomic mass is 9.88. The minimum Gasteiger partial charge on any atom is -0.378 e. The van der Waals surface area contributed by atoms with Crippen LogP contribution in [0.4, 0.5) is 0 Å². The second-order valence-electron chi connectivity index (χ2n) is 7.67. The van der Waals surface area contributed by atoms with E-state index in [0.29, 0.717) is 6.04 Å². The summed E-state index contributed by atoms with van der Waals surface area (Å²) in [5.74, 6) is 0.977. The van der Waals surface area contributed by atoms with E-state index in [0.717, 1.165) is 38.2 Å². The van der Waals surface area contributed by atoms with Crippen molar-refractivity contribution in [2.24, 2.45) is 5.92 Å². The summed E-state index contributed by atoms with van der Waals surface area (Å²) < 4.78 is 11.8. The Bertz CT molecular complexity index is 347.